The quantitative estimate of drug-likeness (QED) is 0.202. The summed E-state index contributed by atoms with van der Waals surface area (Å²) in [5.41, 5.74) is -2.65. The Kier molecular flexibility index (Phi) is 8.34. The van der Waals surface area contributed by atoms with Gasteiger partial charge in [0.25, 0.3) is 0 Å². The Labute approximate surface area is 251 Å². The molecule has 1 aromatic heterocycles. The highest BCUT2D eigenvalue weighted by molar-refractivity contribution is 7.99. The Hall–Kier alpha value is -3.45. The first kappa shape index (κ1) is 31.0. The number of aromatic nitrogens is 2. The maximum atomic E-state index is 14.7. The molecule has 1 fully saturated rings. The van der Waals surface area contributed by atoms with Crippen LogP contribution in [0.3, 0.4) is 0 Å². The molecule has 3 aromatic rings. The van der Waals surface area contributed by atoms with Gasteiger partial charge in [0.05, 0.1) is 23.7 Å². The number of hydrogen-bond donors (Lipinski definition) is 1. The molecule has 0 spiro atoms. The second-order valence-corrected chi connectivity index (χ2v) is 11.7. The minimum Gasteiger partial charge on any atom is -0.524 e. The number of alkyl halides is 3. The van der Waals surface area contributed by atoms with Crippen LogP contribution in [0.15, 0.2) is 51.2 Å². The lowest BCUT2D eigenvalue weighted by Gasteiger charge is -2.45. The molecule has 2 aromatic carbocycles. The van der Waals surface area contributed by atoms with Crippen molar-refractivity contribution in [3.8, 4) is 11.1 Å². The Morgan fingerprint density at radius 1 is 1.16 bits per heavy atom. The number of nitrogens with zero attached hydrogens (tertiary/aromatic N) is 4. The molecule has 222 valence electrons. The first-order valence-corrected chi connectivity index (χ1v) is 14.3. The topological polar surface area (TPSA) is 87.9 Å². The van der Waals surface area contributed by atoms with E-state index in [1.807, 2.05) is 0 Å². The van der Waals surface area contributed by atoms with E-state index in [4.69, 9.17) is 20.4 Å². The monoisotopic (exact) mass is 612 g/mol. The third-order valence-corrected chi connectivity index (χ3v) is 8.92. The Balaban J connectivity index is 1.75. The van der Waals surface area contributed by atoms with Gasteiger partial charge >= 0.3 is 11.9 Å². The molecule has 43 heavy (non-hydrogen) atoms. The highest BCUT2D eigenvalue weighted by Crippen LogP contribution is 2.50. The van der Waals surface area contributed by atoms with Gasteiger partial charge in [0, 0.05) is 59.5 Å². The molecule has 3 unspecified atom stereocenters. The summed E-state index contributed by atoms with van der Waals surface area (Å²) in [5, 5.41) is 9.64. The van der Waals surface area contributed by atoms with Crippen molar-refractivity contribution in [2.24, 2.45) is 0 Å². The van der Waals surface area contributed by atoms with Gasteiger partial charge in [-0.15, -0.1) is 11.8 Å². The number of benzene rings is 2. The molecule has 5 rings (SSSR count). The molecule has 1 saturated heterocycles. The standard InChI is InChI=1S/C28H26B2F4N4O4S/c1-13-9-36(10-14(2)37(13)26(40)21(29)24(30)39)25-18-8-19(28(32,33)34)20(15-4-6-16(31)7-5-15)23-22(18)38(27(41)35-25)17(11-42-3)12-43-23/h4-8,13-14,17,39H,9-12H2,1-3H3/b24-21-. The van der Waals surface area contributed by atoms with E-state index < -0.39 is 58.4 Å². The predicted molar refractivity (Wildman–Crippen MR) is 157 cm³/mol. The fourth-order valence-corrected chi connectivity index (χ4v) is 7.24. The van der Waals surface area contributed by atoms with Crippen LogP contribution in [0.2, 0.25) is 0 Å². The van der Waals surface area contributed by atoms with E-state index in [2.05, 4.69) is 4.98 Å². The van der Waals surface area contributed by atoms with Crippen molar-refractivity contribution in [1.82, 2.24) is 14.5 Å². The molecule has 15 heteroatoms. The number of thioether (sulfide) groups is 1. The van der Waals surface area contributed by atoms with Gasteiger partial charge in [-0.25, -0.2) is 9.18 Å². The van der Waals surface area contributed by atoms with Crippen molar-refractivity contribution >= 4 is 50.1 Å². The van der Waals surface area contributed by atoms with E-state index in [1.54, 1.807) is 18.7 Å². The number of carbonyl (C=O) groups excluding carboxylic acids is 1. The van der Waals surface area contributed by atoms with Crippen molar-refractivity contribution in [2.45, 2.75) is 43.0 Å². The fraction of sp³-hybridized carbons (Fsp3) is 0.393. The molecule has 3 atom stereocenters. The van der Waals surface area contributed by atoms with E-state index in [-0.39, 0.29) is 58.2 Å². The number of hydrogen-bond acceptors (Lipinski definition) is 7. The van der Waals surface area contributed by atoms with Gasteiger partial charge in [0.1, 0.15) is 19.5 Å². The summed E-state index contributed by atoms with van der Waals surface area (Å²) in [5.74, 6) is -0.984. The molecule has 4 radical (unpaired) electrons. The average Bonchev–Trinajstić information content (AvgIpc) is 2.94. The van der Waals surface area contributed by atoms with Crippen LogP contribution in [0.5, 0.6) is 0 Å². The molecule has 1 N–H and O–H groups in total. The summed E-state index contributed by atoms with van der Waals surface area (Å²) in [7, 11) is 12.5. The lowest BCUT2D eigenvalue weighted by Crippen LogP contribution is -2.59. The van der Waals surface area contributed by atoms with Crippen LogP contribution < -0.4 is 10.6 Å². The summed E-state index contributed by atoms with van der Waals surface area (Å²) in [6.45, 7) is 3.75. The number of piperazine rings is 1. The highest BCUT2D eigenvalue weighted by atomic mass is 32.2. The smallest absolute Gasteiger partial charge is 0.417 e. The normalized spacial score (nSPS) is 21.2. The zero-order valence-corrected chi connectivity index (χ0v) is 24.3. The summed E-state index contributed by atoms with van der Waals surface area (Å²) in [6.07, 6.45) is -4.80. The van der Waals surface area contributed by atoms with E-state index in [0.29, 0.717) is 0 Å². The van der Waals surface area contributed by atoms with Crippen molar-refractivity contribution in [3.63, 3.8) is 0 Å². The molecule has 1 amide bonds. The molecule has 0 saturated carbocycles. The molecular formula is C28H26B2F4N4O4S. The number of rotatable bonds is 5. The summed E-state index contributed by atoms with van der Waals surface area (Å²) >= 11 is 1.17. The first-order valence-electron chi connectivity index (χ1n) is 13.3. The average molecular weight is 612 g/mol. The van der Waals surface area contributed by atoms with Gasteiger partial charge in [-0.1, -0.05) is 12.1 Å². The van der Waals surface area contributed by atoms with Crippen LogP contribution >= 0.6 is 11.8 Å². The van der Waals surface area contributed by atoms with Gasteiger partial charge in [0.15, 0.2) is 7.85 Å². The highest BCUT2D eigenvalue weighted by Gasteiger charge is 2.40. The van der Waals surface area contributed by atoms with Crippen LogP contribution in [0.4, 0.5) is 23.4 Å². The van der Waals surface area contributed by atoms with Crippen molar-refractivity contribution in [2.75, 3.05) is 37.5 Å². The van der Waals surface area contributed by atoms with Crippen LogP contribution in [-0.4, -0.2) is 85.8 Å². The molecule has 3 heterocycles. The summed E-state index contributed by atoms with van der Waals surface area (Å²) in [6, 6.07) is 4.16. The van der Waals surface area contributed by atoms with Crippen LogP contribution in [0.25, 0.3) is 22.0 Å². The lowest BCUT2D eigenvalue weighted by molar-refractivity contribution is -0.137. The van der Waals surface area contributed by atoms with Crippen LogP contribution in [-0.2, 0) is 15.7 Å². The van der Waals surface area contributed by atoms with Crippen molar-refractivity contribution < 1.29 is 32.2 Å². The minimum absolute atomic E-state index is 0.0447. The minimum atomic E-state index is -4.80. The van der Waals surface area contributed by atoms with Crippen LogP contribution in [0.1, 0.15) is 25.5 Å². The van der Waals surface area contributed by atoms with E-state index >= 15 is 0 Å². The van der Waals surface area contributed by atoms with Gasteiger partial charge in [-0.05, 0) is 43.1 Å². The van der Waals surface area contributed by atoms with E-state index in [1.165, 1.54) is 40.5 Å². The maximum absolute atomic E-state index is 14.7. The SMILES string of the molecule is [B]/C(O)=C(/[B])C(=O)N1C(C)CN(c2nc(=O)n3c4c(c(-c5ccc(F)cc5)c(C(F)(F)F)cc24)SCC3COC)CC1C. The number of aliphatic hydroxyl groups excluding tert-OH is 1. The fourth-order valence-electron chi connectivity index (χ4n) is 5.92. The molecule has 0 aliphatic carbocycles. The number of methoxy groups -OCH3 is 1. The maximum Gasteiger partial charge on any atom is 0.417 e. The Morgan fingerprint density at radius 2 is 1.79 bits per heavy atom. The molecule has 0 bridgehead atoms. The van der Waals surface area contributed by atoms with E-state index in [0.717, 1.165) is 18.2 Å². The third kappa shape index (κ3) is 5.52. The number of anilines is 1. The molecule has 2 aliphatic heterocycles. The lowest BCUT2D eigenvalue weighted by atomic mass is 9.85. The number of carbonyl (C=O) groups is 1. The zero-order valence-electron chi connectivity index (χ0n) is 23.5. The number of ether oxygens (including phenoxy) is 1. The number of aliphatic hydroxyl groups is 1. The van der Waals surface area contributed by atoms with Gasteiger partial charge < -0.3 is 19.6 Å². The predicted octanol–water partition coefficient (Wildman–Crippen LogP) is 4.00. The van der Waals surface area contributed by atoms with Gasteiger partial charge in [-0.2, -0.15) is 18.2 Å². The van der Waals surface area contributed by atoms with Gasteiger partial charge in [-0.3, -0.25) is 9.36 Å². The summed E-state index contributed by atoms with van der Waals surface area (Å²) in [4.78, 5) is 34.2. The molecular weight excluding hydrogens is 586 g/mol. The second kappa shape index (κ2) is 11.6. The Morgan fingerprint density at radius 3 is 2.35 bits per heavy atom. The van der Waals surface area contributed by atoms with E-state index in [9.17, 15) is 32.3 Å². The van der Waals surface area contributed by atoms with Crippen molar-refractivity contribution in [3.05, 3.63) is 63.3 Å². The van der Waals surface area contributed by atoms with Crippen LogP contribution in [0, 0.1) is 5.82 Å². The largest absolute Gasteiger partial charge is 0.524 e. The molecule has 8 nitrogen and oxygen atoms in total. The second-order valence-electron chi connectivity index (χ2n) is 10.7. The third-order valence-electron chi connectivity index (χ3n) is 7.69. The number of amides is 1. The number of halogens is 4. The Bertz CT molecular complexity index is 1670. The van der Waals surface area contributed by atoms with Gasteiger partial charge in [0.2, 0.25) is 5.91 Å². The van der Waals surface area contributed by atoms with Crippen molar-refractivity contribution in [1.29, 1.82) is 0 Å². The molecule has 2 aliphatic rings. The summed E-state index contributed by atoms with van der Waals surface area (Å²) < 4.78 is 64.7. The first-order chi connectivity index (χ1) is 20.2. The zero-order chi connectivity index (χ0) is 31.4.